The zero-order valence-corrected chi connectivity index (χ0v) is 14.6. The fourth-order valence-corrected chi connectivity index (χ4v) is 4.08. The molecule has 0 bridgehead atoms. The number of benzene rings is 1. The van der Waals surface area contributed by atoms with Crippen molar-refractivity contribution in [1.82, 2.24) is 9.62 Å². The van der Waals surface area contributed by atoms with Gasteiger partial charge in [-0.3, -0.25) is 4.79 Å². The largest absolute Gasteiger partial charge is 0.325 e. The van der Waals surface area contributed by atoms with Crippen LogP contribution in [0.1, 0.15) is 6.92 Å². The molecule has 1 saturated heterocycles. The summed E-state index contributed by atoms with van der Waals surface area (Å²) in [4.78, 5) is 11.3. The molecule has 1 fully saturated rings. The SMILES string of the molecule is CC(=O)Nc1ccc(S(=O)(=O)N2CCNCC2)cc1Br.Cl. The number of nitrogens with one attached hydrogen (secondary N) is 2. The Bertz CT molecular complexity index is 618. The standard InChI is InChI=1S/C12H16BrN3O3S.ClH/c1-9(17)15-12-3-2-10(8-11(12)13)20(18,19)16-6-4-14-5-7-16;/h2-3,8,14H,4-7H2,1H3,(H,15,17);1H. The lowest BCUT2D eigenvalue weighted by atomic mass is 10.3. The molecule has 1 aliphatic heterocycles. The normalized spacial score (nSPS) is 16.1. The van der Waals surface area contributed by atoms with Gasteiger partial charge in [-0.05, 0) is 34.1 Å². The minimum Gasteiger partial charge on any atom is -0.325 e. The van der Waals surface area contributed by atoms with Crippen LogP contribution in [0.3, 0.4) is 0 Å². The smallest absolute Gasteiger partial charge is 0.243 e. The van der Waals surface area contributed by atoms with Crippen LogP contribution in [0.5, 0.6) is 0 Å². The third kappa shape index (κ3) is 4.40. The maximum absolute atomic E-state index is 12.5. The molecule has 9 heteroatoms. The molecule has 0 unspecified atom stereocenters. The van der Waals surface area contributed by atoms with Crippen molar-refractivity contribution >= 4 is 50.0 Å². The van der Waals surface area contributed by atoms with Gasteiger partial charge < -0.3 is 10.6 Å². The Balaban J connectivity index is 0.00000220. The van der Waals surface area contributed by atoms with Gasteiger partial charge in [0.2, 0.25) is 15.9 Å². The van der Waals surface area contributed by atoms with Crippen molar-refractivity contribution in [3.8, 4) is 0 Å². The maximum Gasteiger partial charge on any atom is 0.243 e. The third-order valence-electron chi connectivity index (χ3n) is 2.96. The molecular formula is C12H17BrClN3O3S. The predicted molar refractivity (Wildman–Crippen MR) is 87.3 cm³/mol. The van der Waals surface area contributed by atoms with Crippen molar-refractivity contribution < 1.29 is 13.2 Å². The monoisotopic (exact) mass is 397 g/mol. The first-order chi connectivity index (χ1) is 9.41. The fourth-order valence-electron chi connectivity index (χ4n) is 1.98. The molecule has 21 heavy (non-hydrogen) atoms. The average molecular weight is 399 g/mol. The van der Waals surface area contributed by atoms with E-state index < -0.39 is 10.0 Å². The highest BCUT2D eigenvalue weighted by Gasteiger charge is 2.26. The summed E-state index contributed by atoms with van der Waals surface area (Å²) in [5.74, 6) is -0.205. The van der Waals surface area contributed by atoms with Crippen LogP contribution >= 0.6 is 28.3 Å². The number of hydrogen-bond acceptors (Lipinski definition) is 4. The van der Waals surface area contributed by atoms with Gasteiger partial charge >= 0.3 is 0 Å². The zero-order chi connectivity index (χ0) is 14.8. The second kappa shape index (κ2) is 7.55. The second-order valence-electron chi connectivity index (χ2n) is 4.48. The Morgan fingerprint density at radius 1 is 1.33 bits per heavy atom. The highest BCUT2D eigenvalue weighted by molar-refractivity contribution is 9.10. The molecule has 0 aromatic heterocycles. The Morgan fingerprint density at radius 3 is 2.48 bits per heavy atom. The lowest BCUT2D eigenvalue weighted by Crippen LogP contribution is -2.46. The molecule has 0 radical (unpaired) electrons. The molecule has 118 valence electrons. The van der Waals surface area contributed by atoms with E-state index in [9.17, 15) is 13.2 Å². The summed E-state index contributed by atoms with van der Waals surface area (Å²) in [5.41, 5.74) is 0.553. The summed E-state index contributed by atoms with van der Waals surface area (Å²) in [6.07, 6.45) is 0. The fraction of sp³-hybridized carbons (Fsp3) is 0.417. The third-order valence-corrected chi connectivity index (χ3v) is 5.52. The quantitative estimate of drug-likeness (QED) is 0.807. The number of rotatable bonds is 3. The zero-order valence-electron chi connectivity index (χ0n) is 11.4. The minimum atomic E-state index is -3.48. The molecule has 2 N–H and O–H groups in total. The van der Waals surface area contributed by atoms with Gasteiger partial charge in [-0.2, -0.15) is 4.31 Å². The van der Waals surface area contributed by atoms with Crippen LogP contribution in [0.4, 0.5) is 5.69 Å². The highest BCUT2D eigenvalue weighted by Crippen LogP contribution is 2.27. The van der Waals surface area contributed by atoms with Crippen LogP contribution in [0.25, 0.3) is 0 Å². The van der Waals surface area contributed by atoms with E-state index >= 15 is 0 Å². The first kappa shape index (κ1) is 18.4. The van der Waals surface area contributed by atoms with Crippen molar-refractivity contribution in [2.45, 2.75) is 11.8 Å². The van der Waals surface area contributed by atoms with E-state index in [1.807, 2.05) is 0 Å². The maximum atomic E-state index is 12.5. The number of nitrogens with zero attached hydrogens (tertiary/aromatic N) is 1. The first-order valence-electron chi connectivity index (χ1n) is 6.19. The Morgan fingerprint density at radius 2 is 1.95 bits per heavy atom. The number of carbonyl (C=O) groups is 1. The Kier molecular flexibility index (Phi) is 6.61. The molecule has 0 atom stereocenters. The van der Waals surface area contributed by atoms with E-state index in [1.165, 1.54) is 23.4 Å². The number of carbonyl (C=O) groups excluding carboxylic acids is 1. The average Bonchev–Trinajstić information content (AvgIpc) is 2.41. The van der Waals surface area contributed by atoms with Crippen LogP contribution in [0.2, 0.25) is 0 Å². The summed E-state index contributed by atoms with van der Waals surface area (Å²) in [6, 6.07) is 4.61. The molecule has 1 aromatic rings. The minimum absolute atomic E-state index is 0. The van der Waals surface area contributed by atoms with Gasteiger partial charge in [0.1, 0.15) is 0 Å². The van der Waals surface area contributed by atoms with Gasteiger partial charge in [0, 0.05) is 37.6 Å². The summed E-state index contributed by atoms with van der Waals surface area (Å²) in [6.45, 7) is 3.65. The number of anilines is 1. The summed E-state index contributed by atoms with van der Waals surface area (Å²) in [7, 11) is -3.48. The van der Waals surface area contributed by atoms with Gasteiger partial charge in [0.15, 0.2) is 0 Å². The summed E-state index contributed by atoms with van der Waals surface area (Å²) >= 11 is 3.28. The highest BCUT2D eigenvalue weighted by atomic mass is 79.9. The van der Waals surface area contributed by atoms with Gasteiger partial charge in [-0.25, -0.2) is 8.42 Å². The summed E-state index contributed by atoms with van der Waals surface area (Å²) in [5, 5.41) is 5.74. The number of amides is 1. The Labute approximate surface area is 138 Å². The lowest BCUT2D eigenvalue weighted by Gasteiger charge is -2.26. The second-order valence-corrected chi connectivity index (χ2v) is 7.27. The molecule has 1 aromatic carbocycles. The van der Waals surface area contributed by atoms with Crippen molar-refractivity contribution in [3.63, 3.8) is 0 Å². The van der Waals surface area contributed by atoms with Crippen molar-refractivity contribution in [3.05, 3.63) is 22.7 Å². The van der Waals surface area contributed by atoms with Gasteiger partial charge in [0.05, 0.1) is 10.6 Å². The van der Waals surface area contributed by atoms with Crippen LogP contribution in [-0.2, 0) is 14.8 Å². The van der Waals surface area contributed by atoms with E-state index in [-0.39, 0.29) is 23.2 Å². The van der Waals surface area contributed by atoms with E-state index in [4.69, 9.17) is 0 Å². The Hall–Kier alpha value is -0.670. The number of halogens is 2. The van der Waals surface area contributed by atoms with Crippen LogP contribution < -0.4 is 10.6 Å². The molecule has 2 rings (SSSR count). The van der Waals surface area contributed by atoms with Crippen molar-refractivity contribution in [1.29, 1.82) is 0 Å². The molecule has 1 heterocycles. The van der Waals surface area contributed by atoms with E-state index in [0.717, 1.165) is 0 Å². The van der Waals surface area contributed by atoms with Gasteiger partial charge in [0.25, 0.3) is 0 Å². The van der Waals surface area contributed by atoms with Crippen molar-refractivity contribution in [2.75, 3.05) is 31.5 Å². The number of sulfonamides is 1. The lowest BCUT2D eigenvalue weighted by molar-refractivity contribution is -0.114. The van der Waals surface area contributed by atoms with E-state index in [2.05, 4.69) is 26.6 Å². The van der Waals surface area contributed by atoms with Crippen molar-refractivity contribution in [2.24, 2.45) is 0 Å². The van der Waals surface area contributed by atoms with E-state index in [0.29, 0.717) is 36.3 Å². The van der Waals surface area contributed by atoms with Crippen LogP contribution in [0.15, 0.2) is 27.6 Å². The molecule has 0 saturated carbocycles. The molecule has 1 amide bonds. The molecule has 0 aliphatic carbocycles. The number of piperazine rings is 1. The van der Waals surface area contributed by atoms with Crippen LogP contribution in [0, 0.1) is 0 Å². The van der Waals surface area contributed by atoms with Crippen LogP contribution in [-0.4, -0.2) is 44.8 Å². The van der Waals surface area contributed by atoms with Gasteiger partial charge in [-0.15, -0.1) is 12.4 Å². The predicted octanol–water partition coefficient (Wildman–Crippen LogP) is 1.42. The van der Waals surface area contributed by atoms with Gasteiger partial charge in [-0.1, -0.05) is 0 Å². The van der Waals surface area contributed by atoms with E-state index in [1.54, 1.807) is 6.07 Å². The molecule has 6 nitrogen and oxygen atoms in total. The topological polar surface area (TPSA) is 78.5 Å². The molecular weight excluding hydrogens is 382 g/mol. The molecule has 1 aliphatic rings. The number of hydrogen-bond donors (Lipinski definition) is 2. The first-order valence-corrected chi connectivity index (χ1v) is 8.42. The summed E-state index contributed by atoms with van der Waals surface area (Å²) < 4.78 is 26.9. The molecule has 0 spiro atoms.